The van der Waals surface area contributed by atoms with Crippen molar-refractivity contribution in [2.24, 2.45) is 10.8 Å². The molecule has 0 unspecified atom stereocenters. The highest BCUT2D eigenvalue weighted by Gasteiger charge is 2.37. The fraction of sp³-hybridized carbons (Fsp3) is 0.450. The summed E-state index contributed by atoms with van der Waals surface area (Å²) in [5.41, 5.74) is 10.8. The van der Waals surface area contributed by atoms with E-state index in [4.69, 9.17) is 4.74 Å². The molecule has 48 heavy (non-hydrogen) atoms. The first-order valence-electron chi connectivity index (χ1n) is 17.2. The summed E-state index contributed by atoms with van der Waals surface area (Å²) in [7, 11) is 4.19. The number of rotatable bonds is 4. The molecule has 1 saturated heterocycles. The zero-order valence-corrected chi connectivity index (χ0v) is 29.5. The van der Waals surface area contributed by atoms with E-state index in [1.165, 1.54) is 22.4 Å². The number of aryl methyl sites for hydroxylation is 1. The molecule has 4 aromatic rings. The number of carbonyl (C=O) groups excluding carboxylic acids is 2. The molecule has 2 aliphatic rings. The van der Waals surface area contributed by atoms with Crippen molar-refractivity contribution in [1.82, 2.24) is 19.9 Å². The van der Waals surface area contributed by atoms with Crippen molar-refractivity contribution in [2.45, 2.75) is 79.4 Å². The van der Waals surface area contributed by atoms with E-state index < -0.39 is 11.5 Å². The number of aromatic nitrogens is 1. The number of aromatic hydroxyl groups is 1. The minimum Gasteiger partial charge on any atom is -0.508 e. The Balaban J connectivity index is 1.57. The summed E-state index contributed by atoms with van der Waals surface area (Å²) >= 11 is 0. The highest BCUT2D eigenvalue weighted by molar-refractivity contribution is 5.95. The number of nitrogens with zero attached hydrogens (tertiary/aromatic N) is 3. The van der Waals surface area contributed by atoms with Crippen molar-refractivity contribution in [2.75, 3.05) is 27.2 Å². The Morgan fingerprint density at radius 3 is 2.50 bits per heavy atom. The second-order valence-corrected chi connectivity index (χ2v) is 15.4. The average Bonchev–Trinajstić information content (AvgIpc) is 3.34. The van der Waals surface area contributed by atoms with Crippen LogP contribution in [0.1, 0.15) is 64.2 Å². The summed E-state index contributed by atoms with van der Waals surface area (Å²) in [6.45, 7) is 12.7. The summed E-state index contributed by atoms with van der Waals surface area (Å²) in [4.78, 5) is 29.5. The van der Waals surface area contributed by atoms with Crippen LogP contribution in [0.5, 0.6) is 5.75 Å². The molecule has 1 fully saturated rings. The Morgan fingerprint density at radius 1 is 0.979 bits per heavy atom. The van der Waals surface area contributed by atoms with E-state index in [2.05, 4.69) is 98.3 Å². The third kappa shape index (κ3) is 6.74. The van der Waals surface area contributed by atoms with Crippen LogP contribution in [0.15, 0.2) is 60.7 Å². The number of phenols is 1. The summed E-state index contributed by atoms with van der Waals surface area (Å²) in [5.74, 6) is -0.239. The topological polar surface area (TPSA) is 87.0 Å². The number of nitrogens with one attached hydrogen (secondary N) is 1. The van der Waals surface area contributed by atoms with Gasteiger partial charge in [-0.2, -0.15) is 0 Å². The van der Waals surface area contributed by atoms with Crippen LogP contribution in [0.2, 0.25) is 0 Å². The molecule has 254 valence electrons. The predicted molar refractivity (Wildman–Crippen MR) is 191 cm³/mol. The maximum atomic E-state index is 13.8. The van der Waals surface area contributed by atoms with Crippen molar-refractivity contribution in [3.63, 3.8) is 0 Å². The number of hydrogen-bond acceptors (Lipinski definition) is 6. The number of amides is 1. The van der Waals surface area contributed by atoms with E-state index in [1.807, 2.05) is 19.9 Å². The Morgan fingerprint density at radius 2 is 1.75 bits per heavy atom. The average molecular weight is 651 g/mol. The van der Waals surface area contributed by atoms with E-state index in [9.17, 15) is 14.7 Å². The molecule has 1 aromatic heterocycles. The highest BCUT2D eigenvalue weighted by Crippen LogP contribution is 2.42. The van der Waals surface area contributed by atoms with Crippen LogP contribution in [0.4, 0.5) is 0 Å². The van der Waals surface area contributed by atoms with Gasteiger partial charge in [-0.25, -0.2) is 5.43 Å². The highest BCUT2D eigenvalue weighted by atomic mass is 16.5. The van der Waals surface area contributed by atoms with Gasteiger partial charge in [0.05, 0.1) is 12.3 Å². The maximum Gasteiger partial charge on any atom is 0.324 e. The number of hydrogen-bond donors (Lipinski definition) is 2. The van der Waals surface area contributed by atoms with Crippen molar-refractivity contribution in [1.29, 1.82) is 0 Å². The number of phenolic OH excluding ortho intramolecular Hbond substituents is 1. The van der Waals surface area contributed by atoms with Crippen LogP contribution < -0.4 is 5.43 Å². The first-order chi connectivity index (χ1) is 22.8. The molecule has 2 aliphatic heterocycles. The number of ether oxygens (including phenoxy) is 1. The third-order valence-corrected chi connectivity index (χ3v) is 9.76. The van der Waals surface area contributed by atoms with Gasteiger partial charge in [0.25, 0.3) is 0 Å². The van der Waals surface area contributed by atoms with Crippen molar-refractivity contribution < 1.29 is 19.4 Å². The largest absolute Gasteiger partial charge is 0.508 e. The SMILES string of the molecule is CCn1c(-c2ccccc2CN(C)C)c2c3cc(ccc31)-c1cc(O)cc(c1)CC(C)(C)C(=O)N1CCC[C@H](N1)C(=O)OCC(C)(C)C2. The Hall–Kier alpha value is -4.14. The minimum absolute atomic E-state index is 0.0830. The predicted octanol–water partition coefficient (Wildman–Crippen LogP) is 6.95. The molecular weight excluding hydrogens is 600 g/mol. The second kappa shape index (κ2) is 13.1. The maximum absolute atomic E-state index is 13.8. The van der Waals surface area contributed by atoms with Gasteiger partial charge in [0.15, 0.2) is 0 Å². The van der Waals surface area contributed by atoms with Gasteiger partial charge < -0.3 is 19.3 Å². The Labute approximate surface area is 284 Å². The Kier molecular flexibility index (Phi) is 9.18. The number of benzene rings is 3. The smallest absolute Gasteiger partial charge is 0.324 e. The molecule has 0 spiro atoms. The van der Waals surface area contributed by atoms with E-state index in [0.717, 1.165) is 40.7 Å². The number of fused-ring (bicyclic) bond motifs is 6. The molecule has 3 heterocycles. The van der Waals surface area contributed by atoms with E-state index >= 15 is 0 Å². The summed E-state index contributed by atoms with van der Waals surface area (Å²) in [6, 6.07) is 20.3. The van der Waals surface area contributed by atoms with E-state index in [0.29, 0.717) is 32.2 Å². The quantitative estimate of drug-likeness (QED) is 0.233. The number of carbonyl (C=O) groups is 2. The molecule has 1 amide bonds. The first-order valence-corrected chi connectivity index (χ1v) is 17.2. The monoisotopic (exact) mass is 650 g/mol. The lowest BCUT2D eigenvalue weighted by molar-refractivity contribution is -0.157. The number of cyclic esters (lactones) is 1. The van der Waals surface area contributed by atoms with Crippen molar-refractivity contribution >= 4 is 22.8 Å². The number of esters is 1. The summed E-state index contributed by atoms with van der Waals surface area (Å²) in [6.07, 6.45) is 2.43. The molecule has 1 atom stereocenters. The second-order valence-electron chi connectivity index (χ2n) is 15.4. The van der Waals surface area contributed by atoms with Crippen LogP contribution >= 0.6 is 0 Å². The van der Waals surface area contributed by atoms with E-state index in [1.54, 1.807) is 11.1 Å². The van der Waals surface area contributed by atoms with Crippen LogP contribution in [0, 0.1) is 10.8 Å². The van der Waals surface area contributed by atoms with Crippen LogP contribution in [-0.2, 0) is 40.3 Å². The van der Waals surface area contributed by atoms with E-state index in [-0.39, 0.29) is 29.6 Å². The zero-order chi connectivity index (χ0) is 34.4. The van der Waals surface area contributed by atoms with Gasteiger partial charge in [-0.05, 0) is 98.8 Å². The first kappa shape index (κ1) is 33.7. The lowest BCUT2D eigenvalue weighted by atomic mass is 9.83. The van der Waals surface area contributed by atoms with Gasteiger partial charge in [0.1, 0.15) is 11.8 Å². The lowest BCUT2D eigenvalue weighted by Gasteiger charge is -2.38. The summed E-state index contributed by atoms with van der Waals surface area (Å²) < 4.78 is 8.46. The molecule has 0 aliphatic carbocycles. The molecule has 2 N–H and O–H groups in total. The molecule has 0 radical (unpaired) electrons. The van der Waals surface area contributed by atoms with Gasteiger partial charge >= 0.3 is 5.97 Å². The third-order valence-electron chi connectivity index (χ3n) is 9.76. The Bertz CT molecular complexity index is 1850. The van der Waals surface area contributed by atoms with Gasteiger partial charge in [0, 0.05) is 46.9 Å². The molecule has 6 bridgehead atoms. The molecule has 3 aromatic carbocycles. The van der Waals surface area contributed by atoms with Crippen molar-refractivity contribution in [3.8, 4) is 28.1 Å². The fourth-order valence-electron chi connectivity index (χ4n) is 7.54. The van der Waals surface area contributed by atoms with Gasteiger partial charge in [-0.3, -0.25) is 14.6 Å². The van der Waals surface area contributed by atoms with Crippen LogP contribution in [0.3, 0.4) is 0 Å². The molecule has 6 rings (SSSR count). The standard InChI is InChI=1S/C40H50N4O4/c1-8-43-35-16-15-27-21-32(35)33(36(43)31-13-10-9-12-28(31)24-42(6)7)23-39(2,3)25-48-37(46)34-14-11-17-44(41-34)38(47)40(4,5)22-26-18-29(27)20-30(45)19-26/h9-10,12-13,15-16,18-21,34,41,45H,8,11,14,17,22-25H2,1-7H3/t34-/m0/s1. The van der Waals surface area contributed by atoms with Crippen molar-refractivity contribution in [3.05, 3.63) is 77.4 Å². The molecular formula is C40H50N4O4. The fourth-order valence-corrected chi connectivity index (χ4v) is 7.54. The zero-order valence-electron chi connectivity index (χ0n) is 29.5. The number of hydrazine groups is 1. The lowest BCUT2D eigenvalue weighted by Crippen LogP contribution is -2.58. The molecule has 0 saturated carbocycles. The van der Waals surface area contributed by atoms with Gasteiger partial charge in [-0.1, -0.05) is 64.1 Å². The van der Waals surface area contributed by atoms with Gasteiger partial charge in [-0.15, -0.1) is 0 Å². The van der Waals surface area contributed by atoms with Crippen LogP contribution in [-0.4, -0.2) is 64.7 Å². The van der Waals surface area contributed by atoms with Crippen LogP contribution in [0.25, 0.3) is 33.3 Å². The van der Waals surface area contributed by atoms with Gasteiger partial charge in [0.2, 0.25) is 5.91 Å². The molecule has 8 nitrogen and oxygen atoms in total. The minimum atomic E-state index is -0.776. The summed E-state index contributed by atoms with van der Waals surface area (Å²) in [5, 5.41) is 13.7. The molecule has 8 heteroatoms. The normalized spacial score (nSPS) is 19.8.